The lowest BCUT2D eigenvalue weighted by molar-refractivity contribution is -0.121. The quantitative estimate of drug-likeness (QED) is 0.758. The summed E-state index contributed by atoms with van der Waals surface area (Å²) in [6, 6.07) is 7.69. The summed E-state index contributed by atoms with van der Waals surface area (Å²) in [4.78, 5) is 27.1. The number of hydrogen-bond acceptors (Lipinski definition) is 3. The molecule has 1 amide bonds. The van der Waals surface area contributed by atoms with Crippen LogP contribution in [0.5, 0.6) is 0 Å². The van der Waals surface area contributed by atoms with Crippen LogP contribution in [0.4, 0.5) is 0 Å². The third kappa shape index (κ3) is 4.80. The van der Waals surface area contributed by atoms with Crippen LogP contribution in [0.2, 0.25) is 0 Å². The number of nitrogens with one attached hydrogen (secondary N) is 1. The molecule has 2 aromatic rings. The number of hydrogen-bond donors (Lipinski definition) is 1. The zero-order chi connectivity index (χ0) is 19.4. The number of carbonyl (C=O) groups excluding carboxylic acids is 1. The van der Waals surface area contributed by atoms with Crippen LogP contribution in [0.3, 0.4) is 0 Å². The molecule has 1 aliphatic rings. The van der Waals surface area contributed by atoms with Gasteiger partial charge in [-0.25, -0.2) is 4.79 Å². The predicted octanol–water partition coefficient (Wildman–Crippen LogP) is 2.21. The van der Waals surface area contributed by atoms with E-state index in [0.717, 1.165) is 35.8 Å². The SMILES string of the molecule is C[C@@H]1C[C@H](C)CN(CCCNC(=O)CCn2c(=O)n(C)c3ccccc32)C1. The number of amides is 1. The van der Waals surface area contributed by atoms with E-state index in [1.165, 1.54) is 19.5 Å². The highest BCUT2D eigenvalue weighted by Crippen LogP contribution is 2.20. The summed E-state index contributed by atoms with van der Waals surface area (Å²) in [5.74, 6) is 1.54. The second-order valence-corrected chi connectivity index (χ2v) is 8.14. The molecule has 3 rings (SSSR count). The van der Waals surface area contributed by atoms with Gasteiger partial charge >= 0.3 is 5.69 Å². The molecule has 2 heterocycles. The van der Waals surface area contributed by atoms with Crippen molar-refractivity contribution in [1.82, 2.24) is 19.4 Å². The zero-order valence-corrected chi connectivity index (χ0v) is 16.8. The van der Waals surface area contributed by atoms with Crippen molar-refractivity contribution in [3.05, 3.63) is 34.7 Å². The number of imidazole rings is 1. The Labute approximate surface area is 161 Å². The summed E-state index contributed by atoms with van der Waals surface area (Å²) in [6.45, 7) is 9.12. The van der Waals surface area contributed by atoms with Gasteiger partial charge in [-0.15, -0.1) is 0 Å². The van der Waals surface area contributed by atoms with Crippen molar-refractivity contribution in [2.24, 2.45) is 18.9 Å². The second-order valence-electron chi connectivity index (χ2n) is 8.14. The van der Waals surface area contributed by atoms with E-state index in [0.29, 0.717) is 19.5 Å². The fourth-order valence-electron chi connectivity index (χ4n) is 4.39. The Kier molecular flexibility index (Phi) is 6.37. The maximum Gasteiger partial charge on any atom is 0.328 e. The van der Waals surface area contributed by atoms with Gasteiger partial charge in [-0.1, -0.05) is 26.0 Å². The normalized spacial score (nSPS) is 20.9. The van der Waals surface area contributed by atoms with Crippen molar-refractivity contribution in [3.8, 4) is 0 Å². The monoisotopic (exact) mass is 372 g/mol. The first-order chi connectivity index (χ1) is 13.0. The molecule has 0 unspecified atom stereocenters. The van der Waals surface area contributed by atoms with Crippen molar-refractivity contribution in [2.45, 2.75) is 39.7 Å². The van der Waals surface area contributed by atoms with Crippen LogP contribution in [0.1, 0.15) is 33.1 Å². The van der Waals surface area contributed by atoms with Gasteiger partial charge in [0.25, 0.3) is 0 Å². The van der Waals surface area contributed by atoms with E-state index in [1.54, 1.807) is 16.2 Å². The Balaban J connectivity index is 1.43. The summed E-state index contributed by atoms with van der Waals surface area (Å²) in [6.07, 6.45) is 2.62. The van der Waals surface area contributed by atoms with E-state index in [2.05, 4.69) is 24.1 Å². The molecule has 1 N–H and O–H groups in total. The van der Waals surface area contributed by atoms with Crippen LogP contribution in [-0.2, 0) is 18.4 Å². The molecule has 2 atom stereocenters. The zero-order valence-electron chi connectivity index (χ0n) is 16.8. The number of aryl methyl sites for hydroxylation is 2. The Morgan fingerprint density at radius 3 is 2.48 bits per heavy atom. The molecular weight excluding hydrogens is 340 g/mol. The molecule has 0 saturated carbocycles. The topological polar surface area (TPSA) is 59.3 Å². The number of para-hydroxylation sites is 2. The summed E-state index contributed by atoms with van der Waals surface area (Å²) >= 11 is 0. The highest BCUT2D eigenvalue weighted by Gasteiger charge is 2.21. The standard InChI is InChI=1S/C21H32N4O2/c1-16-13-17(2)15-24(14-16)11-6-10-22-20(26)9-12-25-19-8-5-4-7-18(19)23(3)21(25)27/h4-5,7-8,16-17H,6,9-15H2,1-3H3,(H,22,26)/t16-,17+. The van der Waals surface area contributed by atoms with Gasteiger partial charge in [-0.2, -0.15) is 0 Å². The van der Waals surface area contributed by atoms with Gasteiger partial charge in [0.1, 0.15) is 0 Å². The van der Waals surface area contributed by atoms with Gasteiger partial charge in [0.2, 0.25) is 5.91 Å². The van der Waals surface area contributed by atoms with Gasteiger partial charge in [-0.05, 0) is 43.4 Å². The predicted molar refractivity (Wildman–Crippen MR) is 109 cm³/mol. The molecule has 6 heteroatoms. The van der Waals surface area contributed by atoms with Crippen molar-refractivity contribution in [3.63, 3.8) is 0 Å². The van der Waals surface area contributed by atoms with E-state index in [1.807, 2.05) is 24.3 Å². The fraction of sp³-hybridized carbons (Fsp3) is 0.619. The third-order valence-corrected chi connectivity index (χ3v) is 5.53. The average molecular weight is 373 g/mol. The largest absolute Gasteiger partial charge is 0.356 e. The fourth-order valence-corrected chi connectivity index (χ4v) is 4.39. The molecule has 1 aromatic carbocycles. The van der Waals surface area contributed by atoms with E-state index >= 15 is 0 Å². The highest BCUT2D eigenvalue weighted by molar-refractivity contribution is 5.77. The molecule has 1 aliphatic heterocycles. The molecule has 0 bridgehead atoms. The molecule has 1 saturated heterocycles. The highest BCUT2D eigenvalue weighted by atomic mass is 16.2. The van der Waals surface area contributed by atoms with Gasteiger partial charge in [0.05, 0.1) is 11.0 Å². The number of nitrogens with zero attached hydrogens (tertiary/aromatic N) is 3. The van der Waals surface area contributed by atoms with Crippen LogP contribution < -0.4 is 11.0 Å². The van der Waals surface area contributed by atoms with Gasteiger partial charge in [0, 0.05) is 39.6 Å². The first-order valence-electron chi connectivity index (χ1n) is 10.1. The van der Waals surface area contributed by atoms with E-state index in [-0.39, 0.29) is 11.6 Å². The summed E-state index contributed by atoms with van der Waals surface area (Å²) < 4.78 is 3.32. The number of likely N-dealkylation sites (tertiary alicyclic amines) is 1. The molecule has 6 nitrogen and oxygen atoms in total. The molecule has 1 aromatic heterocycles. The lowest BCUT2D eigenvalue weighted by Crippen LogP contribution is -2.40. The minimum Gasteiger partial charge on any atom is -0.356 e. The van der Waals surface area contributed by atoms with Gasteiger partial charge in [-0.3, -0.25) is 13.9 Å². The number of rotatable bonds is 7. The number of piperidine rings is 1. The smallest absolute Gasteiger partial charge is 0.328 e. The summed E-state index contributed by atoms with van der Waals surface area (Å²) in [5.41, 5.74) is 1.70. The van der Waals surface area contributed by atoms with Gasteiger partial charge in [0.15, 0.2) is 0 Å². The average Bonchev–Trinajstić information content (AvgIpc) is 2.87. The Bertz CT molecular complexity index is 828. The van der Waals surface area contributed by atoms with Crippen molar-refractivity contribution < 1.29 is 4.79 Å². The van der Waals surface area contributed by atoms with Crippen LogP contribution >= 0.6 is 0 Å². The second kappa shape index (κ2) is 8.74. The molecule has 0 spiro atoms. The molecule has 27 heavy (non-hydrogen) atoms. The van der Waals surface area contributed by atoms with Crippen LogP contribution in [-0.4, -0.2) is 46.1 Å². The maximum atomic E-state index is 12.4. The lowest BCUT2D eigenvalue weighted by Gasteiger charge is -2.34. The molecule has 0 radical (unpaired) electrons. The number of benzene rings is 1. The molecule has 148 valence electrons. The van der Waals surface area contributed by atoms with Crippen LogP contribution in [0, 0.1) is 11.8 Å². The summed E-state index contributed by atoms with van der Waals surface area (Å²) in [7, 11) is 1.77. The van der Waals surface area contributed by atoms with Crippen LogP contribution in [0.15, 0.2) is 29.1 Å². The van der Waals surface area contributed by atoms with Crippen molar-refractivity contribution in [1.29, 1.82) is 0 Å². The Hall–Kier alpha value is -2.08. The Morgan fingerprint density at radius 1 is 1.11 bits per heavy atom. The number of aromatic nitrogens is 2. The molecule has 0 aliphatic carbocycles. The Morgan fingerprint density at radius 2 is 1.78 bits per heavy atom. The molecule has 1 fully saturated rings. The van der Waals surface area contributed by atoms with Crippen molar-refractivity contribution >= 4 is 16.9 Å². The van der Waals surface area contributed by atoms with Gasteiger partial charge < -0.3 is 10.2 Å². The third-order valence-electron chi connectivity index (χ3n) is 5.53. The molecular formula is C21H32N4O2. The number of fused-ring (bicyclic) bond motifs is 1. The van der Waals surface area contributed by atoms with E-state index in [4.69, 9.17) is 0 Å². The van der Waals surface area contributed by atoms with E-state index < -0.39 is 0 Å². The van der Waals surface area contributed by atoms with E-state index in [9.17, 15) is 9.59 Å². The minimum absolute atomic E-state index is 0.00946. The lowest BCUT2D eigenvalue weighted by atomic mass is 9.92. The minimum atomic E-state index is -0.0719. The summed E-state index contributed by atoms with van der Waals surface area (Å²) in [5, 5.41) is 3.00. The first kappa shape index (κ1) is 19.7. The maximum absolute atomic E-state index is 12.4. The number of carbonyl (C=O) groups is 1. The van der Waals surface area contributed by atoms with Crippen LogP contribution in [0.25, 0.3) is 11.0 Å². The first-order valence-corrected chi connectivity index (χ1v) is 10.1. The van der Waals surface area contributed by atoms with Crippen molar-refractivity contribution in [2.75, 3.05) is 26.2 Å².